The van der Waals surface area contributed by atoms with E-state index < -0.39 is 6.10 Å². The molecular weight excluding hydrogens is 817 g/mol. The maximum absolute atomic E-state index is 12.7. The number of esters is 3. The highest BCUT2D eigenvalue weighted by atomic mass is 16.6. The second-order valence-corrected chi connectivity index (χ2v) is 18.5. The minimum Gasteiger partial charge on any atom is -0.462 e. The summed E-state index contributed by atoms with van der Waals surface area (Å²) in [5, 5.41) is 0. The van der Waals surface area contributed by atoms with E-state index >= 15 is 0 Å². The van der Waals surface area contributed by atoms with E-state index in [2.05, 4.69) is 93.7 Å². The molecule has 1 unspecified atom stereocenters. The lowest BCUT2D eigenvalue weighted by atomic mass is 10.0. The van der Waals surface area contributed by atoms with E-state index in [1.807, 2.05) is 0 Å². The molecule has 0 aromatic heterocycles. The molecule has 0 saturated carbocycles. The van der Waals surface area contributed by atoms with Crippen LogP contribution in [-0.2, 0) is 28.6 Å². The van der Waals surface area contributed by atoms with Gasteiger partial charge in [0.2, 0.25) is 0 Å². The van der Waals surface area contributed by atoms with Crippen molar-refractivity contribution >= 4 is 17.9 Å². The summed E-state index contributed by atoms with van der Waals surface area (Å²) >= 11 is 0. The topological polar surface area (TPSA) is 78.9 Å². The molecule has 6 heteroatoms. The Hall–Kier alpha value is -3.15. The number of hydrogen-bond donors (Lipinski definition) is 0. The van der Waals surface area contributed by atoms with E-state index in [-0.39, 0.29) is 31.1 Å². The molecule has 380 valence electrons. The van der Waals surface area contributed by atoms with Gasteiger partial charge in [0.25, 0.3) is 0 Å². The van der Waals surface area contributed by atoms with Crippen LogP contribution in [0.5, 0.6) is 0 Å². The van der Waals surface area contributed by atoms with Gasteiger partial charge in [-0.3, -0.25) is 14.4 Å². The molecule has 0 N–H and O–H groups in total. The molecule has 0 fully saturated rings. The molecule has 0 spiro atoms. The van der Waals surface area contributed by atoms with E-state index in [0.717, 1.165) is 103 Å². The Balaban J connectivity index is 4.07. The lowest BCUT2D eigenvalue weighted by Crippen LogP contribution is -2.30. The molecular formula is C60H104O6. The summed E-state index contributed by atoms with van der Waals surface area (Å²) in [5.41, 5.74) is 0. The minimum atomic E-state index is -0.774. The summed E-state index contributed by atoms with van der Waals surface area (Å²) in [6.45, 7) is 6.46. The van der Waals surface area contributed by atoms with Gasteiger partial charge in [-0.25, -0.2) is 0 Å². The van der Waals surface area contributed by atoms with Gasteiger partial charge < -0.3 is 14.2 Å². The van der Waals surface area contributed by atoms with Crippen molar-refractivity contribution in [2.24, 2.45) is 0 Å². The zero-order chi connectivity index (χ0) is 47.9. The number of allylic oxidation sites excluding steroid dienone is 12. The summed E-state index contributed by atoms with van der Waals surface area (Å²) in [5.74, 6) is -0.889. The van der Waals surface area contributed by atoms with Gasteiger partial charge in [-0.2, -0.15) is 0 Å². The third-order valence-electron chi connectivity index (χ3n) is 11.9. The second kappa shape index (κ2) is 54.5. The van der Waals surface area contributed by atoms with Crippen LogP contribution in [0.1, 0.15) is 271 Å². The number of carbonyl (C=O) groups excluding carboxylic acids is 3. The van der Waals surface area contributed by atoms with Crippen LogP contribution in [0, 0.1) is 0 Å². The summed E-state index contributed by atoms with van der Waals surface area (Å²) in [7, 11) is 0. The smallest absolute Gasteiger partial charge is 0.306 e. The van der Waals surface area contributed by atoms with E-state index in [0.29, 0.717) is 19.3 Å². The standard InChI is InChI=1S/C60H104O6/c1-4-7-10-13-16-18-20-22-23-24-25-26-27-28-29-30-31-32-33-34-35-36-37-38-40-41-44-47-50-53-59(62)65-56-57(55-64-58(61)52-49-46-43-15-12-9-6-3)66-60(63)54-51-48-45-42-39-21-19-17-14-11-8-5-2/h7,10,16-19,22-23,25-26,28-29,57H,4-6,8-9,11-15,20-21,24,27,30-56H2,1-3H3/b10-7-,18-16-,19-17-,23-22-,26-25-,29-28-. The molecule has 66 heavy (non-hydrogen) atoms. The summed E-state index contributed by atoms with van der Waals surface area (Å²) in [4.78, 5) is 37.8. The van der Waals surface area contributed by atoms with Crippen molar-refractivity contribution in [2.45, 2.75) is 277 Å². The SMILES string of the molecule is CC/C=C\C/C=C\C/C=C\C/C=C\C/C=C\CCCCCCCCCCCCCCCC(=O)OCC(COC(=O)CCCCCCCCC)OC(=O)CCCCCCC/C=C\CCCCC. The fraction of sp³-hybridized carbons (Fsp3) is 0.750. The Bertz CT molecular complexity index is 1240. The number of unbranched alkanes of at least 4 members (excludes halogenated alkanes) is 27. The van der Waals surface area contributed by atoms with Gasteiger partial charge in [0.05, 0.1) is 0 Å². The maximum atomic E-state index is 12.7. The zero-order valence-corrected chi connectivity index (χ0v) is 43.4. The van der Waals surface area contributed by atoms with Crippen molar-refractivity contribution in [3.63, 3.8) is 0 Å². The van der Waals surface area contributed by atoms with E-state index in [4.69, 9.17) is 14.2 Å². The molecule has 0 aliphatic heterocycles. The van der Waals surface area contributed by atoms with Crippen LogP contribution in [0.15, 0.2) is 72.9 Å². The average molecular weight is 921 g/mol. The number of hydrogen-bond acceptors (Lipinski definition) is 6. The van der Waals surface area contributed by atoms with Crippen LogP contribution in [0.25, 0.3) is 0 Å². The Kier molecular flexibility index (Phi) is 51.9. The van der Waals surface area contributed by atoms with E-state index in [9.17, 15) is 14.4 Å². The Labute approximate surface area is 408 Å². The predicted molar refractivity (Wildman–Crippen MR) is 284 cm³/mol. The number of ether oxygens (including phenoxy) is 3. The summed E-state index contributed by atoms with van der Waals surface area (Å²) in [6, 6.07) is 0. The van der Waals surface area contributed by atoms with Crippen molar-refractivity contribution in [1.29, 1.82) is 0 Å². The molecule has 0 rings (SSSR count). The lowest BCUT2D eigenvalue weighted by Gasteiger charge is -2.18. The fourth-order valence-electron chi connectivity index (χ4n) is 7.76. The van der Waals surface area contributed by atoms with E-state index in [1.54, 1.807) is 0 Å². The third kappa shape index (κ3) is 51.8. The normalized spacial score (nSPS) is 12.6. The molecule has 0 aromatic rings. The van der Waals surface area contributed by atoms with Crippen molar-refractivity contribution in [3.05, 3.63) is 72.9 Å². The number of carbonyl (C=O) groups is 3. The molecule has 0 aliphatic rings. The van der Waals surface area contributed by atoms with Gasteiger partial charge in [0.15, 0.2) is 6.10 Å². The first kappa shape index (κ1) is 62.8. The summed E-state index contributed by atoms with van der Waals surface area (Å²) in [6.07, 6.45) is 69.2. The molecule has 0 bridgehead atoms. The van der Waals surface area contributed by atoms with Crippen molar-refractivity contribution in [2.75, 3.05) is 13.2 Å². The van der Waals surface area contributed by atoms with Crippen molar-refractivity contribution < 1.29 is 28.6 Å². The average Bonchev–Trinajstić information content (AvgIpc) is 3.31. The Morgan fingerprint density at radius 2 is 0.591 bits per heavy atom. The van der Waals surface area contributed by atoms with Crippen LogP contribution < -0.4 is 0 Å². The van der Waals surface area contributed by atoms with Gasteiger partial charge in [0.1, 0.15) is 13.2 Å². The second-order valence-electron chi connectivity index (χ2n) is 18.5. The third-order valence-corrected chi connectivity index (χ3v) is 11.9. The quantitative estimate of drug-likeness (QED) is 0.0262. The fourth-order valence-corrected chi connectivity index (χ4v) is 7.76. The predicted octanol–water partition coefficient (Wildman–Crippen LogP) is 18.6. The Morgan fingerprint density at radius 1 is 0.318 bits per heavy atom. The minimum absolute atomic E-state index is 0.0766. The molecule has 1 atom stereocenters. The monoisotopic (exact) mass is 921 g/mol. The van der Waals surface area contributed by atoms with Crippen LogP contribution >= 0.6 is 0 Å². The largest absolute Gasteiger partial charge is 0.462 e. The Morgan fingerprint density at radius 3 is 0.970 bits per heavy atom. The molecule has 0 saturated heterocycles. The van der Waals surface area contributed by atoms with Crippen LogP contribution in [0.3, 0.4) is 0 Å². The number of rotatable bonds is 50. The molecule has 0 heterocycles. The van der Waals surface area contributed by atoms with E-state index in [1.165, 1.54) is 128 Å². The highest BCUT2D eigenvalue weighted by Gasteiger charge is 2.19. The van der Waals surface area contributed by atoms with Crippen LogP contribution in [0.4, 0.5) is 0 Å². The first-order chi connectivity index (χ1) is 32.5. The van der Waals surface area contributed by atoms with Gasteiger partial charge in [-0.1, -0.05) is 235 Å². The van der Waals surface area contributed by atoms with Crippen LogP contribution in [0.2, 0.25) is 0 Å². The highest BCUT2D eigenvalue weighted by molar-refractivity contribution is 5.71. The molecule has 0 aliphatic carbocycles. The first-order valence-corrected chi connectivity index (χ1v) is 27.9. The lowest BCUT2D eigenvalue weighted by molar-refractivity contribution is -0.167. The molecule has 0 radical (unpaired) electrons. The maximum Gasteiger partial charge on any atom is 0.306 e. The van der Waals surface area contributed by atoms with Gasteiger partial charge in [-0.15, -0.1) is 0 Å². The highest BCUT2D eigenvalue weighted by Crippen LogP contribution is 2.15. The van der Waals surface area contributed by atoms with Gasteiger partial charge in [-0.05, 0) is 89.9 Å². The molecule has 0 aromatic carbocycles. The van der Waals surface area contributed by atoms with Crippen molar-refractivity contribution in [3.8, 4) is 0 Å². The summed E-state index contributed by atoms with van der Waals surface area (Å²) < 4.78 is 16.7. The van der Waals surface area contributed by atoms with Gasteiger partial charge in [0, 0.05) is 19.3 Å². The van der Waals surface area contributed by atoms with Crippen molar-refractivity contribution in [1.82, 2.24) is 0 Å². The molecule has 0 amide bonds. The van der Waals surface area contributed by atoms with Crippen LogP contribution in [-0.4, -0.2) is 37.2 Å². The molecule has 6 nitrogen and oxygen atoms in total. The van der Waals surface area contributed by atoms with Gasteiger partial charge >= 0.3 is 17.9 Å². The zero-order valence-electron chi connectivity index (χ0n) is 43.4. The first-order valence-electron chi connectivity index (χ1n) is 27.9.